The van der Waals surface area contributed by atoms with E-state index in [0.29, 0.717) is 12.8 Å². The van der Waals surface area contributed by atoms with Crippen molar-refractivity contribution in [1.29, 1.82) is 0 Å². The van der Waals surface area contributed by atoms with E-state index < -0.39 is 0 Å². The summed E-state index contributed by atoms with van der Waals surface area (Å²) in [4.78, 5) is 17.2. The third kappa shape index (κ3) is 2.12. The fourth-order valence-corrected chi connectivity index (χ4v) is 3.05. The smallest absolute Gasteiger partial charge is 0.193 e. The Labute approximate surface area is 103 Å². The lowest BCUT2D eigenvalue weighted by Gasteiger charge is -2.37. The van der Waals surface area contributed by atoms with Crippen molar-refractivity contribution in [2.24, 2.45) is 5.73 Å². The van der Waals surface area contributed by atoms with Gasteiger partial charge in [0, 0.05) is 29.7 Å². The molecule has 0 aliphatic heterocycles. The number of hydrogen-bond donors (Lipinski definition) is 1. The van der Waals surface area contributed by atoms with Crippen LogP contribution in [0.4, 0.5) is 0 Å². The highest BCUT2D eigenvalue weighted by Crippen LogP contribution is 2.32. The first kappa shape index (κ1) is 10.9. The van der Waals surface area contributed by atoms with E-state index in [1.54, 1.807) is 11.3 Å². The number of imidazole rings is 1. The number of carbonyl (C=O) groups is 1. The lowest BCUT2D eigenvalue weighted by atomic mass is 9.74. The van der Waals surface area contributed by atoms with E-state index in [-0.39, 0.29) is 11.3 Å². The van der Waals surface area contributed by atoms with Gasteiger partial charge in [0.2, 0.25) is 0 Å². The van der Waals surface area contributed by atoms with Crippen LogP contribution in [0.2, 0.25) is 0 Å². The van der Waals surface area contributed by atoms with Crippen molar-refractivity contribution < 1.29 is 4.79 Å². The topological polar surface area (TPSA) is 60.4 Å². The number of thiazole rings is 1. The second-order valence-electron chi connectivity index (χ2n) is 4.93. The van der Waals surface area contributed by atoms with Crippen molar-refractivity contribution in [2.75, 3.05) is 0 Å². The molecule has 2 N–H and O–H groups in total. The van der Waals surface area contributed by atoms with Crippen LogP contribution < -0.4 is 5.73 Å². The highest BCUT2D eigenvalue weighted by Gasteiger charge is 2.34. The van der Waals surface area contributed by atoms with Crippen LogP contribution in [-0.4, -0.2) is 20.7 Å². The number of ketones is 1. The minimum Gasteiger partial charge on any atom is -0.325 e. The van der Waals surface area contributed by atoms with Gasteiger partial charge < -0.3 is 5.73 Å². The second kappa shape index (κ2) is 3.92. The molecule has 0 spiro atoms. The zero-order valence-corrected chi connectivity index (χ0v) is 10.4. The molecule has 0 radical (unpaired) electrons. The van der Waals surface area contributed by atoms with Gasteiger partial charge in [0.05, 0.1) is 12.1 Å². The highest BCUT2D eigenvalue weighted by atomic mass is 32.1. The fraction of sp³-hybridized carbons (Fsp3) is 0.500. The standard InChI is InChI=1S/C12H15N3OS/c13-12(2-1-3-12)7-10(16)6-9-8-15-4-5-17-11(15)14-9/h4-5,8H,1-3,6-7,13H2. The van der Waals surface area contributed by atoms with E-state index in [2.05, 4.69) is 4.98 Å². The third-order valence-electron chi connectivity index (χ3n) is 3.42. The highest BCUT2D eigenvalue weighted by molar-refractivity contribution is 7.15. The van der Waals surface area contributed by atoms with Gasteiger partial charge in [0.15, 0.2) is 4.96 Å². The van der Waals surface area contributed by atoms with E-state index in [1.807, 2.05) is 22.2 Å². The number of rotatable bonds is 4. The van der Waals surface area contributed by atoms with Gasteiger partial charge in [-0.05, 0) is 19.3 Å². The summed E-state index contributed by atoms with van der Waals surface area (Å²) in [5, 5.41) is 1.98. The summed E-state index contributed by atoms with van der Waals surface area (Å²) >= 11 is 1.58. The van der Waals surface area contributed by atoms with Crippen LogP contribution in [0.5, 0.6) is 0 Å². The molecule has 3 rings (SSSR count). The van der Waals surface area contributed by atoms with Gasteiger partial charge in [-0.3, -0.25) is 9.20 Å². The molecule has 2 aromatic rings. The van der Waals surface area contributed by atoms with Crippen LogP contribution in [0.1, 0.15) is 31.4 Å². The molecule has 2 heterocycles. The fourth-order valence-electron chi connectivity index (χ4n) is 2.33. The van der Waals surface area contributed by atoms with Crippen molar-refractivity contribution in [2.45, 2.75) is 37.6 Å². The zero-order chi connectivity index (χ0) is 11.9. The normalized spacial score (nSPS) is 18.2. The Morgan fingerprint density at radius 2 is 2.41 bits per heavy atom. The molecule has 4 nitrogen and oxygen atoms in total. The average molecular weight is 249 g/mol. The summed E-state index contributed by atoms with van der Waals surface area (Å²) in [5.41, 5.74) is 6.71. The van der Waals surface area contributed by atoms with Crippen LogP contribution in [0.3, 0.4) is 0 Å². The number of nitrogens with two attached hydrogens (primary N) is 1. The lowest BCUT2D eigenvalue weighted by Crippen LogP contribution is -2.48. The van der Waals surface area contributed by atoms with Gasteiger partial charge in [-0.25, -0.2) is 4.98 Å². The Hall–Kier alpha value is -1.20. The summed E-state index contributed by atoms with van der Waals surface area (Å²) < 4.78 is 1.95. The minimum atomic E-state index is -0.214. The maximum atomic E-state index is 11.9. The summed E-state index contributed by atoms with van der Waals surface area (Å²) in [5.74, 6) is 0.206. The van der Waals surface area contributed by atoms with Crippen LogP contribution in [0.25, 0.3) is 4.96 Å². The van der Waals surface area contributed by atoms with E-state index in [4.69, 9.17) is 5.73 Å². The summed E-state index contributed by atoms with van der Waals surface area (Å²) in [6.45, 7) is 0. The molecule has 1 fully saturated rings. The van der Waals surface area contributed by atoms with Crippen molar-refractivity contribution in [3.05, 3.63) is 23.5 Å². The first-order chi connectivity index (χ1) is 8.15. The number of carbonyl (C=O) groups excluding carboxylic acids is 1. The molecular formula is C12H15N3OS. The molecule has 2 aromatic heterocycles. The first-order valence-electron chi connectivity index (χ1n) is 5.86. The summed E-state index contributed by atoms with van der Waals surface area (Å²) in [6.07, 6.45) is 7.91. The largest absolute Gasteiger partial charge is 0.325 e. The van der Waals surface area contributed by atoms with E-state index in [0.717, 1.165) is 29.9 Å². The molecule has 17 heavy (non-hydrogen) atoms. The zero-order valence-electron chi connectivity index (χ0n) is 9.56. The number of aromatic nitrogens is 2. The second-order valence-corrected chi connectivity index (χ2v) is 5.81. The number of fused-ring (bicyclic) bond motifs is 1. The third-order valence-corrected chi connectivity index (χ3v) is 4.19. The van der Waals surface area contributed by atoms with Gasteiger partial charge in [-0.2, -0.15) is 0 Å². The van der Waals surface area contributed by atoms with Gasteiger partial charge in [-0.1, -0.05) is 0 Å². The predicted molar refractivity (Wildman–Crippen MR) is 67.2 cm³/mol. The van der Waals surface area contributed by atoms with Crippen LogP contribution >= 0.6 is 11.3 Å². The predicted octanol–water partition coefficient (Wildman–Crippen LogP) is 1.78. The monoisotopic (exact) mass is 249 g/mol. The molecule has 0 amide bonds. The molecular weight excluding hydrogens is 234 g/mol. The molecule has 0 aromatic carbocycles. The molecule has 0 bridgehead atoms. The summed E-state index contributed by atoms with van der Waals surface area (Å²) in [7, 11) is 0. The number of hydrogen-bond acceptors (Lipinski definition) is 4. The molecule has 1 aliphatic rings. The average Bonchev–Trinajstić information content (AvgIpc) is 2.74. The Morgan fingerprint density at radius 3 is 3.06 bits per heavy atom. The maximum Gasteiger partial charge on any atom is 0.193 e. The van der Waals surface area contributed by atoms with Crippen LogP contribution in [0.15, 0.2) is 17.8 Å². The molecule has 0 unspecified atom stereocenters. The number of nitrogens with zero attached hydrogens (tertiary/aromatic N) is 2. The van der Waals surface area contributed by atoms with Crippen molar-refractivity contribution in [3.8, 4) is 0 Å². The number of Topliss-reactive ketones (excluding diaryl/α,β-unsaturated/α-hetero) is 1. The quantitative estimate of drug-likeness (QED) is 0.898. The molecule has 5 heteroatoms. The van der Waals surface area contributed by atoms with Gasteiger partial charge in [0.1, 0.15) is 5.78 Å². The Bertz CT molecular complexity index is 524. The minimum absolute atomic E-state index is 0.206. The Balaban J connectivity index is 1.66. The molecule has 1 saturated carbocycles. The first-order valence-corrected chi connectivity index (χ1v) is 6.74. The Morgan fingerprint density at radius 1 is 1.59 bits per heavy atom. The van der Waals surface area contributed by atoms with Crippen molar-refractivity contribution in [3.63, 3.8) is 0 Å². The molecule has 0 atom stereocenters. The van der Waals surface area contributed by atoms with Gasteiger partial charge in [0.25, 0.3) is 0 Å². The summed E-state index contributed by atoms with van der Waals surface area (Å²) in [6, 6.07) is 0. The van der Waals surface area contributed by atoms with Crippen molar-refractivity contribution >= 4 is 22.1 Å². The Kier molecular flexibility index (Phi) is 2.52. The van der Waals surface area contributed by atoms with Gasteiger partial charge >= 0.3 is 0 Å². The van der Waals surface area contributed by atoms with E-state index in [9.17, 15) is 4.79 Å². The molecule has 1 aliphatic carbocycles. The van der Waals surface area contributed by atoms with Crippen molar-refractivity contribution in [1.82, 2.24) is 9.38 Å². The molecule has 90 valence electrons. The van der Waals surface area contributed by atoms with E-state index in [1.165, 1.54) is 0 Å². The SMILES string of the molecule is NC1(CC(=O)Cc2cn3ccsc3n2)CCC1. The maximum absolute atomic E-state index is 11.9. The van der Waals surface area contributed by atoms with Gasteiger partial charge in [-0.15, -0.1) is 11.3 Å². The molecule has 0 saturated heterocycles. The van der Waals surface area contributed by atoms with Crippen LogP contribution in [0, 0.1) is 0 Å². The van der Waals surface area contributed by atoms with Crippen LogP contribution in [-0.2, 0) is 11.2 Å². The van der Waals surface area contributed by atoms with E-state index >= 15 is 0 Å². The lowest BCUT2D eigenvalue weighted by molar-refractivity contribution is -0.120.